The summed E-state index contributed by atoms with van der Waals surface area (Å²) in [6.07, 6.45) is 4.87. The number of hydrogen-bond acceptors (Lipinski definition) is 4. The lowest BCUT2D eigenvalue weighted by Crippen LogP contribution is -2.05. The Balaban J connectivity index is 1.95. The summed E-state index contributed by atoms with van der Waals surface area (Å²) in [6.45, 7) is 0. The number of nitrogens with zero attached hydrogens (tertiary/aromatic N) is 2. The number of hydrogen-bond donors (Lipinski definition) is 0. The fourth-order valence-electron chi connectivity index (χ4n) is 1.78. The predicted molar refractivity (Wildman–Crippen MR) is 76.3 cm³/mol. The second kappa shape index (κ2) is 5.27. The van der Waals surface area contributed by atoms with Crippen LogP contribution in [0.15, 0.2) is 59.5 Å². The Morgan fingerprint density at radius 3 is 2.85 bits per heavy atom. The summed E-state index contributed by atoms with van der Waals surface area (Å²) >= 11 is 5.90. The molecule has 1 aromatic heterocycles. The summed E-state index contributed by atoms with van der Waals surface area (Å²) in [5.41, 5.74) is 1.70. The van der Waals surface area contributed by atoms with Crippen molar-refractivity contribution in [2.24, 2.45) is 4.99 Å². The van der Waals surface area contributed by atoms with Crippen LogP contribution in [0.2, 0.25) is 5.02 Å². The van der Waals surface area contributed by atoms with Gasteiger partial charge in [0, 0.05) is 17.4 Å². The van der Waals surface area contributed by atoms with Crippen LogP contribution in [0.25, 0.3) is 6.08 Å². The molecular weight excluding hydrogens is 276 g/mol. The lowest BCUT2D eigenvalue weighted by molar-refractivity contribution is -0.129. The summed E-state index contributed by atoms with van der Waals surface area (Å²) in [7, 11) is 0. The van der Waals surface area contributed by atoms with Crippen LogP contribution in [0, 0.1) is 0 Å². The molecule has 0 fully saturated rings. The molecule has 1 aliphatic heterocycles. The molecule has 0 bridgehead atoms. The Morgan fingerprint density at radius 1 is 1.20 bits per heavy atom. The van der Waals surface area contributed by atoms with E-state index in [1.165, 1.54) is 0 Å². The zero-order valence-electron chi connectivity index (χ0n) is 10.3. The monoisotopic (exact) mass is 284 g/mol. The highest BCUT2D eigenvalue weighted by Crippen LogP contribution is 2.20. The van der Waals surface area contributed by atoms with Gasteiger partial charge in [-0.25, -0.2) is 9.79 Å². The van der Waals surface area contributed by atoms with Crippen LogP contribution in [0.3, 0.4) is 0 Å². The molecule has 20 heavy (non-hydrogen) atoms. The van der Waals surface area contributed by atoms with E-state index in [2.05, 4.69) is 9.98 Å². The van der Waals surface area contributed by atoms with E-state index in [0.717, 1.165) is 5.56 Å². The first-order chi connectivity index (χ1) is 9.72. The van der Waals surface area contributed by atoms with E-state index in [1.807, 2.05) is 6.07 Å². The molecule has 0 unspecified atom stereocenters. The Labute approximate surface area is 120 Å². The molecule has 0 atom stereocenters. The van der Waals surface area contributed by atoms with Crippen molar-refractivity contribution in [3.8, 4) is 0 Å². The number of carbonyl (C=O) groups is 1. The quantitative estimate of drug-likeness (QED) is 0.629. The van der Waals surface area contributed by atoms with Crippen molar-refractivity contribution in [2.45, 2.75) is 0 Å². The first-order valence-electron chi connectivity index (χ1n) is 5.91. The van der Waals surface area contributed by atoms with E-state index in [4.69, 9.17) is 16.3 Å². The largest absolute Gasteiger partial charge is 0.402 e. The molecule has 0 radical (unpaired) electrons. The maximum absolute atomic E-state index is 11.8. The van der Waals surface area contributed by atoms with Gasteiger partial charge in [0.15, 0.2) is 5.70 Å². The van der Waals surface area contributed by atoms with Crippen molar-refractivity contribution < 1.29 is 9.53 Å². The lowest BCUT2D eigenvalue weighted by atomic mass is 10.2. The Hall–Kier alpha value is -2.46. The van der Waals surface area contributed by atoms with Crippen molar-refractivity contribution in [3.63, 3.8) is 0 Å². The van der Waals surface area contributed by atoms with Gasteiger partial charge in [-0.3, -0.25) is 4.98 Å². The number of carbonyl (C=O) groups excluding carboxylic acids is 1. The molecule has 1 aliphatic rings. The van der Waals surface area contributed by atoms with Gasteiger partial charge in [0.1, 0.15) is 0 Å². The highest BCUT2D eigenvalue weighted by molar-refractivity contribution is 6.30. The van der Waals surface area contributed by atoms with Gasteiger partial charge in [-0.1, -0.05) is 23.7 Å². The summed E-state index contributed by atoms with van der Waals surface area (Å²) in [4.78, 5) is 19.9. The number of aliphatic imine (C=N–C) groups is 1. The number of aromatic nitrogens is 1. The number of ether oxygens (including phenoxy) is 1. The third kappa shape index (κ3) is 2.60. The molecule has 2 aromatic rings. The summed E-state index contributed by atoms with van der Waals surface area (Å²) < 4.78 is 5.13. The number of rotatable bonds is 2. The number of pyridine rings is 1. The first kappa shape index (κ1) is 12.6. The van der Waals surface area contributed by atoms with Crippen molar-refractivity contribution in [3.05, 3.63) is 70.6 Å². The SMILES string of the molecule is O=C1OC(c2cccnc2)=N/C1=C/c1cccc(Cl)c1. The Kier molecular flexibility index (Phi) is 3.31. The molecule has 2 heterocycles. The fraction of sp³-hybridized carbons (Fsp3) is 0. The maximum Gasteiger partial charge on any atom is 0.363 e. The molecule has 0 saturated carbocycles. The summed E-state index contributed by atoms with van der Waals surface area (Å²) in [6, 6.07) is 10.7. The van der Waals surface area contributed by atoms with Crippen LogP contribution in [0.1, 0.15) is 11.1 Å². The fourth-order valence-corrected chi connectivity index (χ4v) is 1.97. The number of cyclic esters (lactones) is 1. The summed E-state index contributed by atoms with van der Waals surface area (Å²) in [5.74, 6) is -0.222. The summed E-state index contributed by atoms with van der Waals surface area (Å²) in [5, 5.41) is 0.599. The minimum atomic E-state index is -0.483. The predicted octanol–water partition coefficient (Wildman–Crippen LogP) is 3.08. The van der Waals surface area contributed by atoms with E-state index in [1.54, 1.807) is 48.8 Å². The van der Waals surface area contributed by atoms with Gasteiger partial charge in [-0.2, -0.15) is 0 Å². The molecular formula is C15H9ClN2O2. The van der Waals surface area contributed by atoms with Gasteiger partial charge >= 0.3 is 5.97 Å². The highest BCUT2D eigenvalue weighted by Gasteiger charge is 2.24. The molecule has 98 valence electrons. The van der Waals surface area contributed by atoms with E-state index < -0.39 is 5.97 Å². The second-order valence-electron chi connectivity index (χ2n) is 4.13. The van der Waals surface area contributed by atoms with Crippen LogP contribution in [-0.4, -0.2) is 16.9 Å². The molecule has 0 N–H and O–H groups in total. The van der Waals surface area contributed by atoms with Crippen LogP contribution < -0.4 is 0 Å². The van der Waals surface area contributed by atoms with E-state index >= 15 is 0 Å². The molecule has 0 saturated heterocycles. The molecule has 1 aromatic carbocycles. The molecule has 5 heteroatoms. The van der Waals surface area contributed by atoms with Crippen molar-refractivity contribution in [1.29, 1.82) is 0 Å². The van der Waals surface area contributed by atoms with Crippen LogP contribution >= 0.6 is 11.6 Å². The zero-order chi connectivity index (χ0) is 13.9. The molecule has 0 amide bonds. The van der Waals surface area contributed by atoms with Gasteiger partial charge in [0.2, 0.25) is 5.90 Å². The van der Waals surface area contributed by atoms with Gasteiger partial charge in [0.05, 0.1) is 5.56 Å². The van der Waals surface area contributed by atoms with Crippen LogP contribution in [-0.2, 0) is 9.53 Å². The lowest BCUT2D eigenvalue weighted by Gasteiger charge is -1.96. The van der Waals surface area contributed by atoms with E-state index in [9.17, 15) is 4.79 Å². The Bertz CT molecular complexity index is 724. The minimum absolute atomic E-state index is 0.242. The highest BCUT2D eigenvalue weighted by atomic mass is 35.5. The average molecular weight is 285 g/mol. The number of benzene rings is 1. The van der Waals surface area contributed by atoms with Crippen molar-refractivity contribution >= 4 is 29.5 Å². The molecule has 4 nitrogen and oxygen atoms in total. The topological polar surface area (TPSA) is 51.5 Å². The second-order valence-corrected chi connectivity index (χ2v) is 4.57. The zero-order valence-corrected chi connectivity index (χ0v) is 11.0. The molecule has 0 spiro atoms. The van der Waals surface area contributed by atoms with E-state index in [-0.39, 0.29) is 11.6 Å². The normalized spacial score (nSPS) is 16.1. The third-order valence-corrected chi connectivity index (χ3v) is 2.92. The van der Waals surface area contributed by atoms with Gasteiger partial charge in [-0.15, -0.1) is 0 Å². The molecule has 3 rings (SSSR count). The smallest absolute Gasteiger partial charge is 0.363 e. The van der Waals surface area contributed by atoms with Crippen molar-refractivity contribution in [1.82, 2.24) is 4.98 Å². The molecule has 0 aliphatic carbocycles. The number of esters is 1. The van der Waals surface area contributed by atoms with Gasteiger partial charge < -0.3 is 4.74 Å². The Morgan fingerprint density at radius 2 is 2.10 bits per heavy atom. The van der Waals surface area contributed by atoms with Gasteiger partial charge in [0.25, 0.3) is 0 Å². The standard InChI is InChI=1S/C15H9ClN2O2/c16-12-5-1-3-10(7-12)8-13-15(19)20-14(18-13)11-4-2-6-17-9-11/h1-9H/b13-8+. The maximum atomic E-state index is 11.8. The average Bonchev–Trinajstić information content (AvgIpc) is 2.81. The minimum Gasteiger partial charge on any atom is -0.402 e. The third-order valence-electron chi connectivity index (χ3n) is 2.68. The van der Waals surface area contributed by atoms with Crippen LogP contribution in [0.4, 0.5) is 0 Å². The first-order valence-corrected chi connectivity index (χ1v) is 6.29. The number of halogens is 1. The van der Waals surface area contributed by atoms with Gasteiger partial charge in [-0.05, 0) is 35.9 Å². The van der Waals surface area contributed by atoms with Crippen LogP contribution in [0.5, 0.6) is 0 Å². The van der Waals surface area contributed by atoms with Crippen molar-refractivity contribution in [2.75, 3.05) is 0 Å². The van der Waals surface area contributed by atoms with E-state index in [0.29, 0.717) is 10.6 Å².